The molecule has 0 aromatic heterocycles. The first kappa shape index (κ1) is 20.9. The van der Waals surface area contributed by atoms with Gasteiger partial charge < -0.3 is 9.47 Å². The van der Waals surface area contributed by atoms with Gasteiger partial charge in [-0.25, -0.2) is 0 Å². The topological polar surface area (TPSA) is 99.0 Å². The minimum atomic E-state index is -0.525. The molecule has 10 heteroatoms. The van der Waals surface area contributed by atoms with Crippen molar-refractivity contribution in [3.05, 3.63) is 67.5 Å². The van der Waals surface area contributed by atoms with Crippen molar-refractivity contribution in [3.63, 3.8) is 0 Å². The summed E-state index contributed by atoms with van der Waals surface area (Å²) in [4.78, 5) is 36.6. The molecule has 3 rings (SSSR count). The molecule has 0 N–H and O–H groups in total. The maximum absolute atomic E-state index is 12.6. The third kappa shape index (κ3) is 4.77. The van der Waals surface area contributed by atoms with Crippen molar-refractivity contribution < 1.29 is 24.0 Å². The first-order chi connectivity index (χ1) is 13.9. The Kier molecular flexibility index (Phi) is 6.55. The molecule has 0 spiro atoms. The first-order valence-corrected chi connectivity index (χ1v) is 9.97. The highest BCUT2D eigenvalue weighted by Gasteiger charge is 2.35. The van der Waals surface area contributed by atoms with Crippen molar-refractivity contribution in [2.24, 2.45) is 0 Å². The van der Waals surface area contributed by atoms with Crippen molar-refractivity contribution in [2.45, 2.75) is 0 Å². The summed E-state index contributed by atoms with van der Waals surface area (Å²) >= 11 is 3.90. The summed E-state index contributed by atoms with van der Waals surface area (Å²) in [6, 6.07) is 11.5. The quantitative estimate of drug-likeness (QED) is 0.328. The first-order valence-electron chi connectivity index (χ1n) is 8.36. The molecule has 0 saturated carbocycles. The number of hydrogen-bond donors (Lipinski definition) is 0. The lowest BCUT2D eigenvalue weighted by Crippen LogP contribution is -2.32. The second-order valence-corrected chi connectivity index (χ2v) is 7.65. The second-order valence-electron chi connectivity index (χ2n) is 5.80. The average Bonchev–Trinajstić information content (AvgIpc) is 2.96. The third-order valence-corrected chi connectivity index (χ3v) is 5.56. The van der Waals surface area contributed by atoms with Gasteiger partial charge in [0.05, 0.1) is 28.0 Å². The number of benzene rings is 2. The average molecular weight is 479 g/mol. The Hall–Kier alpha value is -2.85. The van der Waals surface area contributed by atoms with Crippen LogP contribution in [0.15, 0.2) is 51.8 Å². The van der Waals surface area contributed by atoms with Crippen LogP contribution in [0, 0.1) is 10.1 Å². The molecular weight excluding hydrogens is 464 g/mol. The van der Waals surface area contributed by atoms with Gasteiger partial charge >= 0.3 is 0 Å². The molecule has 0 bridgehead atoms. The Morgan fingerprint density at radius 1 is 1.21 bits per heavy atom. The monoisotopic (exact) mass is 478 g/mol. The summed E-state index contributed by atoms with van der Waals surface area (Å²) in [6.45, 7) is 0.177. The predicted molar refractivity (Wildman–Crippen MR) is 112 cm³/mol. The van der Waals surface area contributed by atoms with E-state index in [0.717, 1.165) is 16.7 Å². The zero-order valence-corrected chi connectivity index (χ0v) is 17.6. The molecule has 0 unspecified atom stereocenters. The van der Waals surface area contributed by atoms with Crippen molar-refractivity contribution in [1.29, 1.82) is 0 Å². The zero-order chi connectivity index (χ0) is 21.0. The molecule has 1 saturated heterocycles. The standard InChI is InChI=1S/C19H15BrN2O6S/c1-27-15-4-2-3-5-16(15)28-9-8-21-18(23)17(29-19(21)24)11-12-6-7-13(20)14(10-12)22(25)26/h2-7,10-11H,8-9H2,1H3/b17-11-. The number of imide groups is 1. The van der Waals surface area contributed by atoms with Crippen LogP contribution < -0.4 is 9.47 Å². The predicted octanol–water partition coefficient (Wildman–Crippen LogP) is 4.48. The van der Waals surface area contributed by atoms with Crippen LogP contribution in [0.2, 0.25) is 0 Å². The maximum Gasteiger partial charge on any atom is 0.293 e. The van der Waals surface area contributed by atoms with E-state index in [0.29, 0.717) is 21.5 Å². The van der Waals surface area contributed by atoms with E-state index < -0.39 is 16.1 Å². The number of amides is 2. The molecule has 0 radical (unpaired) electrons. The summed E-state index contributed by atoms with van der Waals surface area (Å²) < 4.78 is 11.1. The number of para-hydroxylation sites is 2. The number of nitro benzene ring substituents is 1. The number of rotatable bonds is 7. The molecule has 150 valence electrons. The minimum absolute atomic E-state index is 0.0700. The van der Waals surface area contributed by atoms with E-state index in [1.54, 1.807) is 30.3 Å². The van der Waals surface area contributed by atoms with Crippen LogP contribution in [-0.4, -0.2) is 41.2 Å². The number of hydrogen-bond acceptors (Lipinski definition) is 7. The number of ether oxygens (including phenoxy) is 2. The number of carbonyl (C=O) groups is 2. The Morgan fingerprint density at radius 2 is 1.93 bits per heavy atom. The summed E-state index contributed by atoms with van der Waals surface area (Å²) in [6.07, 6.45) is 1.46. The van der Waals surface area contributed by atoms with Crippen molar-refractivity contribution >= 4 is 50.6 Å². The lowest BCUT2D eigenvalue weighted by molar-refractivity contribution is -0.385. The van der Waals surface area contributed by atoms with E-state index in [-0.39, 0.29) is 23.7 Å². The van der Waals surface area contributed by atoms with Crippen LogP contribution in [0.4, 0.5) is 10.5 Å². The highest BCUT2D eigenvalue weighted by molar-refractivity contribution is 9.10. The molecule has 2 aromatic carbocycles. The second kappa shape index (κ2) is 9.10. The third-order valence-electron chi connectivity index (χ3n) is 3.98. The smallest absolute Gasteiger partial charge is 0.293 e. The van der Waals surface area contributed by atoms with E-state index in [1.807, 2.05) is 0 Å². The highest BCUT2D eigenvalue weighted by atomic mass is 79.9. The lowest BCUT2D eigenvalue weighted by Gasteiger charge is -2.14. The van der Waals surface area contributed by atoms with E-state index in [9.17, 15) is 19.7 Å². The fourth-order valence-corrected chi connectivity index (χ4v) is 3.84. The fraction of sp³-hybridized carbons (Fsp3) is 0.158. The molecule has 29 heavy (non-hydrogen) atoms. The summed E-state index contributed by atoms with van der Waals surface area (Å²) in [5, 5.41) is 10.6. The summed E-state index contributed by atoms with van der Waals surface area (Å²) in [7, 11) is 1.52. The zero-order valence-electron chi connectivity index (χ0n) is 15.2. The number of thioether (sulfide) groups is 1. The van der Waals surface area contributed by atoms with Crippen LogP contribution in [-0.2, 0) is 4.79 Å². The Labute approximate surface area is 178 Å². The van der Waals surface area contributed by atoms with Gasteiger partial charge in [-0.1, -0.05) is 18.2 Å². The highest BCUT2D eigenvalue weighted by Crippen LogP contribution is 2.34. The van der Waals surface area contributed by atoms with Gasteiger partial charge in [-0.15, -0.1) is 0 Å². The molecule has 1 aliphatic rings. The van der Waals surface area contributed by atoms with E-state index in [2.05, 4.69) is 15.9 Å². The number of carbonyl (C=O) groups excluding carboxylic acids is 2. The lowest BCUT2D eigenvalue weighted by atomic mass is 10.2. The summed E-state index contributed by atoms with van der Waals surface area (Å²) in [5.74, 6) is 0.604. The number of nitrogens with zero attached hydrogens (tertiary/aromatic N) is 2. The van der Waals surface area contributed by atoms with Crippen LogP contribution in [0.3, 0.4) is 0 Å². The van der Waals surface area contributed by atoms with Gasteiger partial charge in [-0.05, 0) is 57.5 Å². The van der Waals surface area contributed by atoms with Crippen LogP contribution in [0.1, 0.15) is 5.56 Å². The fourth-order valence-electron chi connectivity index (χ4n) is 2.59. The van der Waals surface area contributed by atoms with Gasteiger partial charge in [0.15, 0.2) is 11.5 Å². The molecule has 8 nitrogen and oxygen atoms in total. The molecule has 1 heterocycles. The van der Waals surface area contributed by atoms with Crippen molar-refractivity contribution in [2.75, 3.05) is 20.3 Å². The van der Waals surface area contributed by atoms with Gasteiger partial charge in [-0.3, -0.25) is 24.6 Å². The SMILES string of the molecule is COc1ccccc1OCCN1C(=O)S/C(=C\c2ccc(Br)c([N+](=O)[O-])c2)C1=O. The molecule has 0 atom stereocenters. The van der Waals surface area contributed by atoms with Gasteiger partial charge in [-0.2, -0.15) is 0 Å². The molecule has 1 aliphatic heterocycles. The van der Waals surface area contributed by atoms with E-state index in [1.165, 1.54) is 25.3 Å². The Bertz CT molecular complexity index is 1010. The molecule has 0 aliphatic carbocycles. The van der Waals surface area contributed by atoms with Crippen molar-refractivity contribution in [1.82, 2.24) is 4.90 Å². The maximum atomic E-state index is 12.6. The van der Waals surface area contributed by atoms with Crippen LogP contribution in [0.25, 0.3) is 6.08 Å². The van der Waals surface area contributed by atoms with Crippen LogP contribution >= 0.6 is 27.7 Å². The molecule has 1 fully saturated rings. The van der Waals surface area contributed by atoms with Gasteiger partial charge in [0.1, 0.15) is 6.61 Å². The van der Waals surface area contributed by atoms with Crippen LogP contribution in [0.5, 0.6) is 11.5 Å². The number of halogens is 1. The Morgan fingerprint density at radius 3 is 2.62 bits per heavy atom. The largest absolute Gasteiger partial charge is 0.493 e. The van der Waals surface area contributed by atoms with Crippen molar-refractivity contribution in [3.8, 4) is 11.5 Å². The molecule has 2 aromatic rings. The van der Waals surface area contributed by atoms with Gasteiger partial charge in [0, 0.05) is 6.07 Å². The minimum Gasteiger partial charge on any atom is -0.493 e. The summed E-state index contributed by atoms with van der Waals surface area (Å²) in [5.41, 5.74) is 0.332. The molecular formula is C19H15BrN2O6S. The molecule has 2 amide bonds. The van der Waals surface area contributed by atoms with E-state index in [4.69, 9.17) is 9.47 Å². The number of methoxy groups -OCH3 is 1. The Balaban J connectivity index is 1.69. The normalized spacial score (nSPS) is 15.1. The van der Waals surface area contributed by atoms with E-state index >= 15 is 0 Å². The van der Waals surface area contributed by atoms with Gasteiger partial charge in [0.25, 0.3) is 16.8 Å². The number of nitro groups is 1. The van der Waals surface area contributed by atoms with Gasteiger partial charge in [0.2, 0.25) is 0 Å².